The number of hydrogen-bond acceptors (Lipinski definition) is 1. The molecular weight excluding hydrogens is 360 g/mol. The van der Waals surface area contributed by atoms with E-state index in [-0.39, 0.29) is 5.91 Å². The third-order valence-corrected chi connectivity index (χ3v) is 4.61. The Balaban J connectivity index is 2.35. The van der Waals surface area contributed by atoms with E-state index in [9.17, 15) is 4.79 Å². The lowest BCUT2D eigenvalue weighted by molar-refractivity contribution is 0.0792. The van der Waals surface area contributed by atoms with Crippen molar-refractivity contribution in [2.24, 2.45) is 0 Å². The van der Waals surface area contributed by atoms with Crippen LogP contribution in [0.2, 0.25) is 10.0 Å². The van der Waals surface area contributed by atoms with Crippen LogP contribution in [0, 0.1) is 3.57 Å². The summed E-state index contributed by atoms with van der Waals surface area (Å²) in [5, 5.41) is 1.05. The molecule has 1 fully saturated rings. The summed E-state index contributed by atoms with van der Waals surface area (Å²) >= 11 is 14.0. The number of carbonyl (C=O) groups excluding carboxylic acids is 1. The molecule has 0 unspecified atom stereocenters. The van der Waals surface area contributed by atoms with E-state index in [2.05, 4.69) is 22.6 Å². The van der Waals surface area contributed by atoms with E-state index < -0.39 is 0 Å². The maximum Gasteiger partial charge on any atom is 0.255 e. The highest BCUT2D eigenvalue weighted by atomic mass is 127. The van der Waals surface area contributed by atoms with Crippen molar-refractivity contribution in [2.75, 3.05) is 13.1 Å². The van der Waals surface area contributed by atoms with E-state index in [0.717, 1.165) is 29.5 Å². The zero-order chi connectivity index (χ0) is 11.7. The molecule has 16 heavy (non-hydrogen) atoms. The summed E-state index contributed by atoms with van der Waals surface area (Å²) < 4.78 is 0.778. The van der Waals surface area contributed by atoms with Gasteiger partial charge < -0.3 is 4.90 Å². The van der Waals surface area contributed by atoms with Gasteiger partial charge in [-0.3, -0.25) is 4.79 Å². The molecule has 0 aliphatic carbocycles. The molecule has 2 nitrogen and oxygen atoms in total. The minimum Gasteiger partial charge on any atom is -0.339 e. The molecule has 0 spiro atoms. The van der Waals surface area contributed by atoms with Gasteiger partial charge in [0.25, 0.3) is 5.91 Å². The molecule has 0 saturated carbocycles. The van der Waals surface area contributed by atoms with Crippen molar-refractivity contribution in [2.45, 2.75) is 12.8 Å². The van der Waals surface area contributed by atoms with Crippen LogP contribution in [0.15, 0.2) is 12.1 Å². The average molecular weight is 370 g/mol. The summed E-state index contributed by atoms with van der Waals surface area (Å²) in [5.41, 5.74) is 0.611. The maximum atomic E-state index is 12.2. The van der Waals surface area contributed by atoms with E-state index >= 15 is 0 Å². The number of benzene rings is 1. The lowest BCUT2D eigenvalue weighted by atomic mass is 10.2. The summed E-state index contributed by atoms with van der Waals surface area (Å²) in [5.74, 6) is 0.0336. The van der Waals surface area contributed by atoms with Crippen LogP contribution in [0.5, 0.6) is 0 Å². The SMILES string of the molecule is O=C(c1cc(Cl)cc(Cl)c1I)N1CCCC1. The number of likely N-dealkylation sites (tertiary alicyclic amines) is 1. The molecule has 1 aliphatic rings. The Kier molecular flexibility index (Phi) is 3.97. The average Bonchev–Trinajstić information content (AvgIpc) is 2.75. The van der Waals surface area contributed by atoms with Crippen molar-refractivity contribution in [3.8, 4) is 0 Å². The molecule has 0 aromatic heterocycles. The molecule has 1 amide bonds. The van der Waals surface area contributed by atoms with Crippen LogP contribution in [-0.4, -0.2) is 23.9 Å². The second kappa shape index (κ2) is 5.10. The van der Waals surface area contributed by atoms with Crippen LogP contribution in [0.25, 0.3) is 0 Å². The van der Waals surface area contributed by atoms with Gasteiger partial charge in [-0.05, 0) is 47.6 Å². The highest BCUT2D eigenvalue weighted by Gasteiger charge is 2.22. The van der Waals surface area contributed by atoms with Gasteiger partial charge in [-0.15, -0.1) is 0 Å². The van der Waals surface area contributed by atoms with Crippen LogP contribution in [-0.2, 0) is 0 Å². The fraction of sp³-hybridized carbons (Fsp3) is 0.364. The highest BCUT2D eigenvalue weighted by Crippen LogP contribution is 2.28. The maximum absolute atomic E-state index is 12.2. The standard InChI is InChI=1S/C11H10Cl2INO/c12-7-5-8(10(14)9(13)6-7)11(16)15-3-1-2-4-15/h5-6H,1-4H2. The number of carbonyl (C=O) groups is 1. The Bertz CT molecular complexity index is 430. The van der Waals surface area contributed by atoms with Crippen LogP contribution < -0.4 is 0 Å². The monoisotopic (exact) mass is 369 g/mol. The summed E-state index contributed by atoms with van der Waals surface area (Å²) in [6, 6.07) is 3.35. The van der Waals surface area contributed by atoms with Crippen molar-refractivity contribution in [1.29, 1.82) is 0 Å². The largest absolute Gasteiger partial charge is 0.339 e. The Hall–Kier alpha value is -0.0000000000000000555. The topological polar surface area (TPSA) is 20.3 Å². The Morgan fingerprint density at radius 1 is 1.25 bits per heavy atom. The van der Waals surface area contributed by atoms with E-state index in [4.69, 9.17) is 23.2 Å². The van der Waals surface area contributed by atoms with Crippen molar-refractivity contribution >= 4 is 51.7 Å². The molecule has 0 atom stereocenters. The van der Waals surface area contributed by atoms with Crippen LogP contribution in [0.4, 0.5) is 0 Å². The fourth-order valence-electron chi connectivity index (χ4n) is 1.80. The van der Waals surface area contributed by atoms with Gasteiger partial charge in [-0.1, -0.05) is 23.2 Å². The zero-order valence-corrected chi connectivity index (χ0v) is 12.1. The molecule has 0 bridgehead atoms. The van der Waals surface area contributed by atoms with Crippen molar-refractivity contribution < 1.29 is 4.79 Å². The third kappa shape index (κ3) is 2.46. The molecule has 1 aromatic rings. The Morgan fingerprint density at radius 3 is 2.50 bits per heavy atom. The van der Waals surface area contributed by atoms with Gasteiger partial charge in [0.15, 0.2) is 0 Å². The fourth-order valence-corrected chi connectivity index (χ4v) is 2.84. The molecule has 5 heteroatoms. The van der Waals surface area contributed by atoms with Crippen LogP contribution in [0.3, 0.4) is 0 Å². The van der Waals surface area contributed by atoms with Crippen molar-refractivity contribution in [3.05, 3.63) is 31.3 Å². The first-order chi connectivity index (χ1) is 7.59. The Labute approximate surface area is 118 Å². The van der Waals surface area contributed by atoms with Gasteiger partial charge in [0.05, 0.1) is 10.6 Å². The molecule has 1 heterocycles. The van der Waals surface area contributed by atoms with E-state index in [1.165, 1.54) is 0 Å². The summed E-state index contributed by atoms with van der Waals surface area (Å²) in [7, 11) is 0. The first-order valence-electron chi connectivity index (χ1n) is 5.03. The predicted octanol–water partition coefficient (Wildman–Crippen LogP) is 3.83. The molecule has 86 valence electrons. The first-order valence-corrected chi connectivity index (χ1v) is 6.87. The minimum atomic E-state index is 0.0336. The number of hydrogen-bond donors (Lipinski definition) is 0. The van der Waals surface area contributed by atoms with E-state index in [1.54, 1.807) is 12.1 Å². The molecule has 1 saturated heterocycles. The molecule has 0 N–H and O–H groups in total. The molecule has 1 aliphatic heterocycles. The van der Waals surface area contributed by atoms with Gasteiger partial charge in [0, 0.05) is 21.7 Å². The van der Waals surface area contributed by atoms with Gasteiger partial charge in [-0.25, -0.2) is 0 Å². The zero-order valence-electron chi connectivity index (χ0n) is 8.47. The van der Waals surface area contributed by atoms with Gasteiger partial charge in [-0.2, -0.15) is 0 Å². The molecule has 1 aromatic carbocycles. The van der Waals surface area contributed by atoms with E-state index in [1.807, 2.05) is 4.90 Å². The van der Waals surface area contributed by atoms with E-state index in [0.29, 0.717) is 15.6 Å². The normalized spacial score (nSPS) is 15.6. The lowest BCUT2D eigenvalue weighted by Crippen LogP contribution is -2.28. The lowest BCUT2D eigenvalue weighted by Gasteiger charge is -2.16. The van der Waals surface area contributed by atoms with Crippen molar-refractivity contribution in [1.82, 2.24) is 4.90 Å². The second-order valence-corrected chi connectivity index (χ2v) is 5.67. The highest BCUT2D eigenvalue weighted by molar-refractivity contribution is 14.1. The van der Waals surface area contributed by atoms with Gasteiger partial charge >= 0.3 is 0 Å². The quantitative estimate of drug-likeness (QED) is 0.544. The van der Waals surface area contributed by atoms with Gasteiger partial charge in [0.2, 0.25) is 0 Å². The third-order valence-electron chi connectivity index (χ3n) is 2.62. The number of rotatable bonds is 1. The van der Waals surface area contributed by atoms with Gasteiger partial charge in [0.1, 0.15) is 0 Å². The van der Waals surface area contributed by atoms with Crippen LogP contribution >= 0.6 is 45.8 Å². The van der Waals surface area contributed by atoms with Crippen LogP contribution in [0.1, 0.15) is 23.2 Å². The number of halogens is 3. The summed E-state index contributed by atoms with van der Waals surface area (Å²) in [4.78, 5) is 14.0. The minimum absolute atomic E-state index is 0.0336. The van der Waals surface area contributed by atoms with Crippen molar-refractivity contribution in [3.63, 3.8) is 0 Å². The predicted molar refractivity (Wildman–Crippen MR) is 74.3 cm³/mol. The molecule has 2 rings (SSSR count). The molecular formula is C11H10Cl2INO. The summed E-state index contributed by atoms with van der Waals surface area (Å²) in [6.07, 6.45) is 2.16. The number of amides is 1. The second-order valence-electron chi connectivity index (χ2n) is 3.75. The molecule has 0 radical (unpaired) electrons. The summed E-state index contributed by atoms with van der Waals surface area (Å²) in [6.45, 7) is 1.66. The number of nitrogens with zero attached hydrogens (tertiary/aromatic N) is 1. The smallest absolute Gasteiger partial charge is 0.255 e. The Morgan fingerprint density at radius 2 is 1.88 bits per heavy atom. The first kappa shape index (κ1) is 12.5.